The maximum absolute atomic E-state index is 11.6. The molecule has 1 saturated heterocycles. The van der Waals surface area contributed by atoms with Crippen LogP contribution < -0.4 is 5.32 Å². The molecule has 0 aliphatic carbocycles. The maximum atomic E-state index is 11.6. The molecule has 1 aromatic carbocycles. The van der Waals surface area contributed by atoms with Gasteiger partial charge in [0.25, 0.3) is 0 Å². The molecule has 0 radical (unpaired) electrons. The second-order valence-electron chi connectivity index (χ2n) is 9.96. The summed E-state index contributed by atoms with van der Waals surface area (Å²) >= 11 is 0. The van der Waals surface area contributed by atoms with Gasteiger partial charge in [-0.25, -0.2) is 9.59 Å². The molecule has 3 unspecified atom stereocenters. The van der Waals surface area contributed by atoms with Crippen LogP contribution in [0.4, 0.5) is 0 Å². The number of benzene rings is 1. The van der Waals surface area contributed by atoms with Crippen molar-refractivity contribution in [3.05, 3.63) is 54.1 Å². The summed E-state index contributed by atoms with van der Waals surface area (Å²) in [6.07, 6.45) is 0.492. The number of rotatable bonds is 9. The third kappa shape index (κ3) is 6.68. The van der Waals surface area contributed by atoms with Crippen LogP contribution in [0.1, 0.15) is 58.2 Å². The van der Waals surface area contributed by atoms with Gasteiger partial charge in [0.05, 0.1) is 0 Å². The Bertz CT molecular complexity index is 842. The minimum atomic E-state index is -0.767. The molecule has 1 aliphatic heterocycles. The van der Waals surface area contributed by atoms with Crippen LogP contribution >= 0.6 is 0 Å². The number of nitrogens with one attached hydrogen (secondary N) is 1. The molecule has 7 nitrogen and oxygen atoms in total. The first-order valence-corrected chi connectivity index (χ1v) is 10.7. The van der Waals surface area contributed by atoms with Gasteiger partial charge in [0.15, 0.2) is 6.10 Å². The van der Waals surface area contributed by atoms with Crippen LogP contribution in [0.2, 0.25) is 0 Å². The van der Waals surface area contributed by atoms with Gasteiger partial charge in [-0.15, -0.1) is 0 Å². The van der Waals surface area contributed by atoms with E-state index >= 15 is 0 Å². The zero-order valence-electron chi connectivity index (χ0n) is 19.9. The molecule has 0 spiro atoms. The Hall–Kier alpha value is -2.64. The number of epoxide rings is 1. The summed E-state index contributed by atoms with van der Waals surface area (Å²) in [5.41, 5.74) is 2.31. The van der Waals surface area contributed by atoms with E-state index in [1.165, 1.54) is 0 Å². The van der Waals surface area contributed by atoms with Crippen LogP contribution in [0.3, 0.4) is 0 Å². The highest BCUT2D eigenvalue weighted by Crippen LogP contribution is 2.40. The molecule has 1 aliphatic rings. The Morgan fingerprint density at radius 2 is 1.62 bits per heavy atom. The molecule has 7 heteroatoms. The molecule has 1 aromatic rings. The van der Waals surface area contributed by atoms with E-state index in [0.717, 1.165) is 28.8 Å². The summed E-state index contributed by atoms with van der Waals surface area (Å²) in [5, 5.41) is 14.2. The van der Waals surface area contributed by atoms with Gasteiger partial charge in [0, 0.05) is 18.7 Å². The average molecular weight is 446 g/mol. The fourth-order valence-electron chi connectivity index (χ4n) is 3.35. The summed E-state index contributed by atoms with van der Waals surface area (Å²) in [4.78, 5) is 23.0. The Morgan fingerprint density at radius 3 is 2.09 bits per heavy atom. The van der Waals surface area contributed by atoms with E-state index in [-0.39, 0.29) is 23.7 Å². The lowest BCUT2D eigenvalue weighted by atomic mass is 9.78. The van der Waals surface area contributed by atoms with Crippen LogP contribution in [-0.4, -0.2) is 42.1 Å². The number of ether oxygens (including phenoxy) is 3. The monoisotopic (exact) mass is 445 g/mol. The normalized spacial score (nSPS) is 19.1. The lowest BCUT2D eigenvalue weighted by Crippen LogP contribution is -2.33. The van der Waals surface area contributed by atoms with Gasteiger partial charge in [0.1, 0.15) is 24.7 Å². The number of esters is 2. The fraction of sp³-hybridized carbons (Fsp3) is 0.520. The highest BCUT2D eigenvalue weighted by atomic mass is 16.7. The van der Waals surface area contributed by atoms with Gasteiger partial charge < -0.3 is 19.3 Å². The van der Waals surface area contributed by atoms with Crippen molar-refractivity contribution in [1.82, 2.24) is 5.32 Å². The lowest BCUT2D eigenvalue weighted by molar-refractivity contribution is -0.153. The Labute approximate surface area is 190 Å². The van der Waals surface area contributed by atoms with Crippen molar-refractivity contribution >= 4 is 11.9 Å². The van der Waals surface area contributed by atoms with E-state index in [2.05, 4.69) is 60.0 Å². The van der Waals surface area contributed by atoms with Crippen molar-refractivity contribution in [2.45, 2.75) is 77.4 Å². The number of carbonyl (C=O) groups excluding carboxylic acids is 2. The van der Waals surface area contributed by atoms with Gasteiger partial charge in [-0.3, -0.25) is 5.32 Å². The van der Waals surface area contributed by atoms with Crippen LogP contribution in [0, 0.1) is 0 Å². The minimum absolute atomic E-state index is 0.144. The van der Waals surface area contributed by atoms with E-state index in [0.29, 0.717) is 12.3 Å². The fourth-order valence-corrected chi connectivity index (χ4v) is 3.35. The largest absolute Gasteiger partial charge is 0.507 e. The summed E-state index contributed by atoms with van der Waals surface area (Å²) in [7, 11) is 0. The first-order valence-electron chi connectivity index (χ1n) is 10.7. The molecule has 3 atom stereocenters. The predicted molar refractivity (Wildman–Crippen MR) is 122 cm³/mol. The maximum Gasteiger partial charge on any atom is 0.330 e. The summed E-state index contributed by atoms with van der Waals surface area (Å²) in [6.45, 7) is 19.5. The third-order valence-electron chi connectivity index (χ3n) is 5.18. The highest BCUT2D eigenvalue weighted by molar-refractivity contribution is 5.82. The van der Waals surface area contributed by atoms with Crippen LogP contribution in [0.5, 0.6) is 5.75 Å². The van der Waals surface area contributed by atoms with E-state index in [1.807, 2.05) is 12.1 Å². The molecule has 2 N–H and O–H groups in total. The number of phenols is 1. The summed E-state index contributed by atoms with van der Waals surface area (Å²) < 4.78 is 15.9. The first kappa shape index (κ1) is 25.6. The van der Waals surface area contributed by atoms with Gasteiger partial charge in [0.2, 0.25) is 0 Å². The van der Waals surface area contributed by atoms with Crippen LogP contribution in [0.25, 0.3) is 0 Å². The van der Waals surface area contributed by atoms with Gasteiger partial charge in [-0.05, 0) is 27.5 Å². The lowest BCUT2D eigenvalue weighted by Gasteiger charge is -2.28. The highest BCUT2D eigenvalue weighted by Gasteiger charge is 2.47. The van der Waals surface area contributed by atoms with E-state index in [1.54, 1.807) is 0 Å². The van der Waals surface area contributed by atoms with Crippen molar-refractivity contribution in [3.63, 3.8) is 0 Å². The molecule has 1 fully saturated rings. The van der Waals surface area contributed by atoms with Crippen molar-refractivity contribution < 1.29 is 28.9 Å². The van der Waals surface area contributed by atoms with Crippen LogP contribution in [-0.2, 0) is 41.2 Å². The minimum Gasteiger partial charge on any atom is -0.507 e. The average Bonchev–Trinajstić information content (AvgIpc) is 3.47. The summed E-state index contributed by atoms with van der Waals surface area (Å²) in [6, 6.07) is 3.99. The molecular formula is C25H35NO6. The Balaban J connectivity index is 2.13. The molecule has 1 heterocycles. The number of hydrogen-bond donors (Lipinski definition) is 2. The van der Waals surface area contributed by atoms with Crippen molar-refractivity contribution in [2.24, 2.45) is 0 Å². The Kier molecular flexibility index (Phi) is 7.91. The Morgan fingerprint density at radius 1 is 1.09 bits per heavy atom. The number of phenolic OH excluding ortho intramolecular Hbond substituents is 1. The number of carbonyl (C=O) groups is 2. The first-order chi connectivity index (χ1) is 14.8. The molecule has 0 saturated carbocycles. The molecular weight excluding hydrogens is 410 g/mol. The van der Waals surface area contributed by atoms with Crippen molar-refractivity contribution in [1.29, 1.82) is 0 Å². The molecule has 0 amide bonds. The predicted octanol–water partition coefficient (Wildman–Crippen LogP) is 3.63. The second kappa shape index (κ2) is 9.88. The molecule has 32 heavy (non-hydrogen) atoms. The van der Waals surface area contributed by atoms with Gasteiger partial charge in [-0.1, -0.05) is 66.8 Å². The zero-order valence-corrected chi connectivity index (χ0v) is 19.9. The number of aromatic hydroxyl groups is 1. The quantitative estimate of drug-likeness (QED) is 0.340. The standard InChI is InChI=1S/C25H35NO6/c1-9-19(27)30-14-18(31-20(28)10-2)22-23(32-22)26-13-15-11-16(24(3,4)5)21(29)17(12-15)25(6,7)8/h9-12,18,22-23,26,29H,1-2,13-14H2,3-8H3. The van der Waals surface area contributed by atoms with Crippen molar-refractivity contribution in [2.75, 3.05) is 6.61 Å². The molecule has 0 aromatic heterocycles. The third-order valence-corrected chi connectivity index (χ3v) is 5.18. The van der Waals surface area contributed by atoms with Gasteiger partial charge in [-0.2, -0.15) is 0 Å². The van der Waals surface area contributed by atoms with Gasteiger partial charge >= 0.3 is 11.9 Å². The molecule has 2 rings (SSSR count). The van der Waals surface area contributed by atoms with Crippen LogP contribution in [0.15, 0.2) is 37.4 Å². The van der Waals surface area contributed by atoms with Crippen molar-refractivity contribution in [3.8, 4) is 5.75 Å². The second-order valence-corrected chi connectivity index (χ2v) is 9.96. The van der Waals surface area contributed by atoms with E-state index < -0.39 is 24.1 Å². The smallest absolute Gasteiger partial charge is 0.330 e. The topological polar surface area (TPSA) is 97.4 Å². The zero-order chi connectivity index (χ0) is 24.3. The number of hydrogen-bond acceptors (Lipinski definition) is 7. The molecule has 0 bridgehead atoms. The summed E-state index contributed by atoms with van der Waals surface area (Å²) in [5.74, 6) is -0.903. The van der Waals surface area contributed by atoms with E-state index in [4.69, 9.17) is 14.2 Å². The van der Waals surface area contributed by atoms with E-state index in [9.17, 15) is 14.7 Å². The SMILES string of the molecule is C=CC(=O)OCC(OC(=O)C=C)C1OC1NCc1cc(C(C)(C)C)c(O)c(C(C)(C)C)c1. The molecule has 176 valence electrons.